The standard InChI is InChI=1S/C14H13FN2O3.C12H20BF2N.C2H6/c1-7-2-3-8-9(12(7)15)6-17(14(8)20)10-4-5-11(18)16-13(10)19;13-11(6-8-12(14,15)9-7-11)16-10-4-2-1-3-5-10;1-2/h2-3,10H,4-6H2,1H3,(H,16,18,19);10,16H,1-9H2;1-2H3. The molecule has 2 saturated carbocycles. The SMILES string of the molecule is CC.Cc1ccc2c(c1F)CN(C1CCC(=O)NC1=O)C2=O.[B]C1(NC2CCCCC2)CCC(F)(F)CC1. The Bertz CT molecular complexity index is 1020. The Labute approximate surface area is 224 Å². The number of carbonyl (C=O) groups excluding carboxylic acids is 3. The van der Waals surface area contributed by atoms with Crippen LogP contribution >= 0.6 is 0 Å². The number of hydrogen-bond acceptors (Lipinski definition) is 4. The third-order valence-electron chi connectivity index (χ3n) is 7.81. The van der Waals surface area contributed by atoms with Gasteiger partial charge >= 0.3 is 0 Å². The smallest absolute Gasteiger partial charge is 0.255 e. The highest BCUT2D eigenvalue weighted by atomic mass is 19.3. The molecular formula is C28H39BF3N3O3. The van der Waals surface area contributed by atoms with E-state index in [1.54, 1.807) is 19.1 Å². The summed E-state index contributed by atoms with van der Waals surface area (Å²) < 4.78 is 40.1. The molecule has 2 N–H and O–H groups in total. The molecule has 3 amide bonds. The van der Waals surface area contributed by atoms with E-state index in [4.69, 9.17) is 7.85 Å². The van der Waals surface area contributed by atoms with Gasteiger partial charge in [-0.3, -0.25) is 19.7 Å². The summed E-state index contributed by atoms with van der Waals surface area (Å²) in [6.07, 6.45) is 7.22. The number of piperidine rings is 1. The molecule has 2 aliphatic carbocycles. The van der Waals surface area contributed by atoms with Gasteiger partial charge in [-0.05, 0) is 56.1 Å². The number of nitrogens with zero attached hydrogens (tertiary/aromatic N) is 1. The summed E-state index contributed by atoms with van der Waals surface area (Å²) in [4.78, 5) is 36.6. The lowest BCUT2D eigenvalue weighted by Crippen LogP contribution is -2.54. The molecule has 1 aromatic rings. The van der Waals surface area contributed by atoms with Gasteiger partial charge in [0, 0.05) is 36.4 Å². The average Bonchev–Trinajstić information content (AvgIpc) is 3.22. The molecule has 2 aliphatic heterocycles. The molecule has 208 valence electrons. The first-order chi connectivity index (χ1) is 18.0. The largest absolute Gasteiger partial charge is 0.322 e. The predicted molar refractivity (Wildman–Crippen MR) is 140 cm³/mol. The fourth-order valence-electron chi connectivity index (χ4n) is 5.58. The summed E-state index contributed by atoms with van der Waals surface area (Å²) in [6.45, 7) is 5.71. The maximum atomic E-state index is 14.0. The molecule has 38 heavy (non-hydrogen) atoms. The van der Waals surface area contributed by atoms with E-state index < -0.39 is 29.1 Å². The number of rotatable bonds is 3. The van der Waals surface area contributed by atoms with Crippen molar-refractivity contribution in [3.8, 4) is 0 Å². The molecule has 0 spiro atoms. The molecule has 2 radical (unpaired) electrons. The van der Waals surface area contributed by atoms with Crippen molar-refractivity contribution in [1.29, 1.82) is 0 Å². The summed E-state index contributed by atoms with van der Waals surface area (Å²) in [5.41, 5.74) is 0.572. The maximum absolute atomic E-state index is 14.0. The Hall–Kier alpha value is -2.36. The van der Waals surface area contributed by atoms with Gasteiger partial charge in [0.25, 0.3) is 5.91 Å². The van der Waals surface area contributed by atoms with Gasteiger partial charge in [-0.2, -0.15) is 0 Å². The Morgan fingerprint density at radius 2 is 1.63 bits per heavy atom. The van der Waals surface area contributed by atoms with Crippen molar-refractivity contribution < 1.29 is 27.6 Å². The van der Waals surface area contributed by atoms with Crippen LogP contribution in [0, 0.1) is 12.7 Å². The fourth-order valence-corrected chi connectivity index (χ4v) is 5.58. The Morgan fingerprint density at radius 1 is 1.00 bits per heavy atom. The second-order valence-electron chi connectivity index (χ2n) is 10.6. The zero-order valence-electron chi connectivity index (χ0n) is 22.7. The normalized spacial score (nSPS) is 24.4. The molecule has 4 aliphatic rings. The number of fused-ring (bicyclic) bond motifs is 1. The van der Waals surface area contributed by atoms with Gasteiger partial charge in [-0.1, -0.05) is 39.2 Å². The van der Waals surface area contributed by atoms with Crippen molar-refractivity contribution >= 4 is 25.6 Å². The Kier molecular flexibility index (Phi) is 10.1. The zero-order valence-corrected chi connectivity index (χ0v) is 22.7. The molecule has 1 saturated heterocycles. The van der Waals surface area contributed by atoms with E-state index in [9.17, 15) is 27.6 Å². The molecule has 1 unspecified atom stereocenters. The van der Waals surface area contributed by atoms with E-state index in [1.807, 2.05) is 13.8 Å². The van der Waals surface area contributed by atoms with Gasteiger partial charge in [-0.25, -0.2) is 13.2 Å². The summed E-state index contributed by atoms with van der Waals surface area (Å²) in [6, 6.07) is 2.89. The van der Waals surface area contributed by atoms with Crippen LogP contribution in [-0.4, -0.2) is 53.9 Å². The number of halogens is 3. The van der Waals surface area contributed by atoms with E-state index in [2.05, 4.69) is 10.6 Å². The number of amides is 3. The van der Waals surface area contributed by atoms with Gasteiger partial charge in [0.15, 0.2) is 0 Å². The minimum absolute atomic E-state index is 0.0662. The highest BCUT2D eigenvalue weighted by Crippen LogP contribution is 2.38. The fraction of sp³-hybridized carbons (Fsp3) is 0.679. The number of imide groups is 1. The van der Waals surface area contributed by atoms with Crippen LogP contribution in [-0.2, 0) is 16.1 Å². The van der Waals surface area contributed by atoms with Crippen molar-refractivity contribution in [2.45, 2.75) is 121 Å². The van der Waals surface area contributed by atoms with Gasteiger partial charge < -0.3 is 10.2 Å². The van der Waals surface area contributed by atoms with Crippen LogP contribution in [0.15, 0.2) is 12.1 Å². The van der Waals surface area contributed by atoms with E-state index in [-0.39, 0.29) is 44.0 Å². The van der Waals surface area contributed by atoms with Crippen LogP contribution < -0.4 is 10.6 Å². The number of nitrogens with one attached hydrogen (secondary N) is 2. The average molecular weight is 533 g/mol. The minimum atomic E-state index is -2.49. The van der Waals surface area contributed by atoms with E-state index >= 15 is 0 Å². The molecular weight excluding hydrogens is 494 g/mol. The second kappa shape index (κ2) is 12.7. The number of benzene rings is 1. The summed E-state index contributed by atoms with van der Waals surface area (Å²) >= 11 is 0. The zero-order chi connectivity index (χ0) is 28.1. The van der Waals surface area contributed by atoms with Crippen molar-refractivity contribution in [2.75, 3.05) is 0 Å². The van der Waals surface area contributed by atoms with Crippen LogP contribution in [0.25, 0.3) is 0 Å². The monoisotopic (exact) mass is 533 g/mol. The predicted octanol–water partition coefficient (Wildman–Crippen LogP) is 4.90. The Balaban J connectivity index is 0.000000202. The van der Waals surface area contributed by atoms with Crippen molar-refractivity contribution in [3.05, 3.63) is 34.6 Å². The molecule has 0 aromatic heterocycles. The molecule has 0 bridgehead atoms. The number of carbonyl (C=O) groups is 3. The molecule has 10 heteroatoms. The van der Waals surface area contributed by atoms with Crippen LogP contribution in [0.3, 0.4) is 0 Å². The first kappa shape index (κ1) is 30.2. The van der Waals surface area contributed by atoms with E-state index in [1.165, 1.54) is 24.2 Å². The summed E-state index contributed by atoms with van der Waals surface area (Å²) in [5.74, 6) is -4.06. The number of aryl methyl sites for hydroxylation is 1. The third-order valence-corrected chi connectivity index (χ3v) is 7.81. The number of alkyl halides is 2. The van der Waals surface area contributed by atoms with E-state index in [0.717, 1.165) is 12.8 Å². The first-order valence-electron chi connectivity index (χ1n) is 13.9. The van der Waals surface area contributed by atoms with Crippen LogP contribution in [0.1, 0.15) is 106 Å². The minimum Gasteiger partial charge on any atom is -0.322 e. The molecule has 6 nitrogen and oxygen atoms in total. The lowest BCUT2D eigenvalue weighted by atomic mass is 9.66. The molecule has 5 rings (SSSR count). The maximum Gasteiger partial charge on any atom is 0.255 e. The van der Waals surface area contributed by atoms with Crippen molar-refractivity contribution in [3.63, 3.8) is 0 Å². The molecule has 2 heterocycles. The second-order valence-corrected chi connectivity index (χ2v) is 10.6. The molecule has 1 aromatic carbocycles. The van der Waals surface area contributed by atoms with Crippen molar-refractivity contribution in [2.24, 2.45) is 0 Å². The molecule has 1 atom stereocenters. The van der Waals surface area contributed by atoms with Gasteiger partial charge in [0.1, 0.15) is 11.9 Å². The third kappa shape index (κ3) is 7.18. The quantitative estimate of drug-likeness (QED) is 0.428. The first-order valence-corrected chi connectivity index (χ1v) is 13.9. The topological polar surface area (TPSA) is 78.5 Å². The van der Waals surface area contributed by atoms with E-state index in [0.29, 0.717) is 35.6 Å². The summed E-state index contributed by atoms with van der Waals surface area (Å²) in [7, 11) is 6.17. The lowest BCUT2D eigenvalue weighted by Gasteiger charge is -2.42. The lowest BCUT2D eigenvalue weighted by molar-refractivity contribution is -0.136. The van der Waals surface area contributed by atoms with Crippen LogP contribution in [0.4, 0.5) is 13.2 Å². The number of hydrogen-bond donors (Lipinski definition) is 2. The van der Waals surface area contributed by atoms with Crippen LogP contribution in [0.2, 0.25) is 0 Å². The van der Waals surface area contributed by atoms with Gasteiger partial charge in [0.05, 0.1) is 14.4 Å². The highest BCUT2D eigenvalue weighted by molar-refractivity contribution is 6.15. The van der Waals surface area contributed by atoms with Gasteiger partial charge in [-0.15, -0.1) is 0 Å². The van der Waals surface area contributed by atoms with Gasteiger partial charge in [0.2, 0.25) is 17.7 Å². The van der Waals surface area contributed by atoms with Crippen molar-refractivity contribution in [1.82, 2.24) is 15.5 Å². The highest BCUT2D eigenvalue weighted by Gasteiger charge is 2.41. The molecule has 3 fully saturated rings. The summed E-state index contributed by atoms with van der Waals surface area (Å²) in [5, 5.41) is 5.63. The van der Waals surface area contributed by atoms with Crippen LogP contribution in [0.5, 0.6) is 0 Å². The Morgan fingerprint density at radius 3 is 2.24 bits per heavy atom.